The monoisotopic (exact) mass is 871 g/mol. The van der Waals surface area contributed by atoms with E-state index in [0.717, 1.165) is 28.1 Å². The van der Waals surface area contributed by atoms with Crippen LogP contribution < -0.4 is 0 Å². The van der Waals surface area contributed by atoms with E-state index in [1.54, 1.807) is 0 Å². The van der Waals surface area contributed by atoms with Crippen molar-refractivity contribution in [3.8, 4) is 67.8 Å². The zero-order valence-corrected chi connectivity index (χ0v) is 38.3. The van der Waals surface area contributed by atoms with E-state index < -0.39 is 0 Å². The fourth-order valence-corrected chi connectivity index (χ4v) is 11.8. The van der Waals surface area contributed by atoms with E-state index in [0.29, 0.717) is 17.5 Å². The maximum absolute atomic E-state index is 5.20. The van der Waals surface area contributed by atoms with E-state index in [4.69, 9.17) is 15.0 Å². The van der Waals surface area contributed by atoms with E-state index in [-0.39, 0.29) is 10.8 Å². The molecular weight excluding hydrogens is 827 g/mol. The van der Waals surface area contributed by atoms with Crippen molar-refractivity contribution in [2.24, 2.45) is 0 Å². The average molecular weight is 872 g/mol. The van der Waals surface area contributed by atoms with Gasteiger partial charge in [-0.15, -0.1) is 0 Å². The molecule has 5 heteroatoms. The molecule has 0 aliphatic heterocycles. The van der Waals surface area contributed by atoms with E-state index in [1.165, 1.54) is 88.1 Å². The number of nitrogens with zero attached hydrogens (tertiary/aromatic N) is 5. The van der Waals surface area contributed by atoms with Gasteiger partial charge in [-0.3, -0.25) is 0 Å². The van der Waals surface area contributed by atoms with Gasteiger partial charge in [-0.05, 0) is 129 Å². The van der Waals surface area contributed by atoms with Gasteiger partial charge >= 0.3 is 0 Å². The quantitative estimate of drug-likeness (QED) is 0.173. The van der Waals surface area contributed by atoms with Gasteiger partial charge in [-0.1, -0.05) is 143 Å². The summed E-state index contributed by atoms with van der Waals surface area (Å²) < 4.78 is 4.82. The van der Waals surface area contributed by atoms with Crippen molar-refractivity contribution in [3.05, 3.63) is 222 Å². The highest BCUT2D eigenvalue weighted by Crippen LogP contribution is 2.52. The summed E-state index contributed by atoms with van der Waals surface area (Å²) >= 11 is 0. The van der Waals surface area contributed by atoms with Crippen molar-refractivity contribution < 1.29 is 0 Å². The summed E-state index contributed by atoms with van der Waals surface area (Å²) in [6.45, 7) is 9.40. The van der Waals surface area contributed by atoms with Gasteiger partial charge in [-0.2, -0.15) is 0 Å². The fraction of sp³-hybridized carbons (Fsp3) is 0.0952. The fourth-order valence-electron chi connectivity index (χ4n) is 11.8. The van der Waals surface area contributed by atoms with Crippen LogP contribution in [0.15, 0.2) is 200 Å². The van der Waals surface area contributed by atoms with Crippen molar-refractivity contribution in [2.75, 3.05) is 0 Å². The van der Waals surface area contributed by atoms with Gasteiger partial charge in [0.05, 0.1) is 22.1 Å². The number of rotatable bonds is 5. The van der Waals surface area contributed by atoms with Crippen LogP contribution in [0.1, 0.15) is 49.9 Å². The van der Waals surface area contributed by atoms with E-state index >= 15 is 0 Å². The lowest BCUT2D eigenvalue weighted by molar-refractivity contribution is 0.661. The second kappa shape index (κ2) is 14.1. The van der Waals surface area contributed by atoms with Crippen LogP contribution in [-0.4, -0.2) is 24.1 Å². The Bertz CT molecular complexity index is 3810. The molecule has 12 aromatic rings. The SMILES string of the molecule is CC1(C)c2ccccc2-c2cc3c4ccccc4n(-c4ccc(-c5nc(-c6ccccc6)nc(-c6ccc(-n7c8ccccc8c8cc9c(cc87)C(C)(C)c7ccccc7-9)cc6)n5)cc4)c3cc21. The van der Waals surface area contributed by atoms with Crippen LogP contribution in [0, 0.1) is 0 Å². The first-order chi connectivity index (χ1) is 33.2. The molecule has 3 heterocycles. The molecule has 0 radical (unpaired) electrons. The minimum atomic E-state index is -0.102. The molecule has 3 aromatic heterocycles. The molecule has 0 saturated heterocycles. The molecule has 0 bridgehead atoms. The van der Waals surface area contributed by atoms with Crippen LogP contribution in [0.5, 0.6) is 0 Å². The van der Waals surface area contributed by atoms with Crippen molar-refractivity contribution in [1.82, 2.24) is 24.1 Å². The lowest BCUT2D eigenvalue weighted by Gasteiger charge is -2.21. The van der Waals surface area contributed by atoms with Crippen LogP contribution in [0.25, 0.3) is 111 Å². The highest BCUT2D eigenvalue weighted by molar-refractivity contribution is 6.13. The van der Waals surface area contributed by atoms with E-state index in [1.807, 2.05) is 18.2 Å². The van der Waals surface area contributed by atoms with Crippen LogP contribution in [0.2, 0.25) is 0 Å². The molecule has 0 unspecified atom stereocenters. The first kappa shape index (κ1) is 38.8. The third-order valence-electron chi connectivity index (χ3n) is 15.2. The molecule has 0 atom stereocenters. The molecule has 2 aliphatic rings. The first-order valence-corrected chi connectivity index (χ1v) is 23.6. The number of hydrogen-bond donors (Lipinski definition) is 0. The minimum Gasteiger partial charge on any atom is -0.309 e. The summed E-state index contributed by atoms with van der Waals surface area (Å²) in [5.41, 5.74) is 20.3. The Hall–Kier alpha value is -8.41. The standard InChI is InChI=1S/C63H45N5/c1-62(2)51-22-12-8-18-43(51)47-34-49-45-20-10-14-24-55(45)67(57(49)36-53(47)62)41-30-26-39(27-31-41)60-64-59(38-16-6-5-7-17-38)65-61(66-60)40-28-32-42(33-29-40)68-56-25-15-11-21-46(56)50-35-48-44-19-9-13-23-52(44)63(3,4)54(48)37-58(50)68/h5-37H,1-4H3. The van der Waals surface area contributed by atoms with Crippen molar-refractivity contribution in [2.45, 2.75) is 38.5 Å². The van der Waals surface area contributed by atoms with Crippen molar-refractivity contribution >= 4 is 43.6 Å². The van der Waals surface area contributed by atoms with Gasteiger partial charge in [-0.25, -0.2) is 15.0 Å². The number of hydrogen-bond acceptors (Lipinski definition) is 3. The second-order valence-corrected chi connectivity index (χ2v) is 19.6. The van der Waals surface area contributed by atoms with Crippen molar-refractivity contribution in [1.29, 1.82) is 0 Å². The van der Waals surface area contributed by atoms with Gasteiger partial charge in [0.25, 0.3) is 0 Å². The predicted molar refractivity (Wildman–Crippen MR) is 280 cm³/mol. The Labute approximate surface area is 394 Å². The first-order valence-electron chi connectivity index (χ1n) is 23.6. The molecule has 0 amide bonds. The Morgan fingerprint density at radius 2 is 0.662 bits per heavy atom. The second-order valence-electron chi connectivity index (χ2n) is 19.6. The summed E-state index contributed by atoms with van der Waals surface area (Å²) in [5, 5.41) is 5.00. The molecule has 0 fully saturated rings. The smallest absolute Gasteiger partial charge is 0.164 e. The summed E-state index contributed by atoms with van der Waals surface area (Å²) in [6, 6.07) is 72.6. The molecule has 14 rings (SSSR count). The van der Waals surface area contributed by atoms with Gasteiger partial charge in [0, 0.05) is 60.4 Å². The molecule has 68 heavy (non-hydrogen) atoms. The molecule has 0 N–H and O–H groups in total. The molecule has 0 spiro atoms. The summed E-state index contributed by atoms with van der Waals surface area (Å²) in [4.78, 5) is 15.4. The van der Waals surface area contributed by atoms with Crippen LogP contribution in [-0.2, 0) is 10.8 Å². The number of aromatic nitrogens is 5. The van der Waals surface area contributed by atoms with Gasteiger partial charge in [0.15, 0.2) is 17.5 Å². The van der Waals surface area contributed by atoms with E-state index in [9.17, 15) is 0 Å². The lowest BCUT2D eigenvalue weighted by Crippen LogP contribution is -2.14. The molecule has 5 nitrogen and oxygen atoms in total. The largest absolute Gasteiger partial charge is 0.309 e. The molecular formula is C63H45N5. The highest BCUT2D eigenvalue weighted by Gasteiger charge is 2.37. The molecule has 2 aliphatic carbocycles. The predicted octanol–water partition coefficient (Wildman–Crippen LogP) is 15.7. The zero-order chi connectivity index (χ0) is 45.5. The van der Waals surface area contributed by atoms with Crippen LogP contribution >= 0.6 is 0 Å². The Kier molecular flexibility index (Phi) is 8.02. The Balaban J connectivity index is 0.869. The normalized spacial score (nSPS) is 14.1. The zero-order valence-electron chi connectivity index (χ0n) is 38.3. The summed E-state index contributed by atoms with van der Waals surface area (Å²) in [5.74, 6) is 1.89. The molecule has 0 saturated carbocycles. The van der Waals surface area contributed by atoms with Crippen molar-refractivity contribution in [3.63, 3.8) is 0 Å². The third kappa shape index (κ3) is 5.47. The van der Waals surface area contributed by atoms with Gasteiger partial charge in [0.2, 0.25) is 0 Å². The summed E-state index contributed by atoms with van der Waals surface area (Å²) in [7, 11) is 0. The Morgan fingerprint density at radius 1 is 0.294 bits per heavy atom. The molecule has 322 valence electrons. The number of para-hydroxylation sites is 2. The lowest BCUT2D eigenvalue weighted by atomic mass is 9.82. The van der Waals surface area contributed by atoms with E-state index in [2.05, 4.69) is 219 Å². The van der Waals surface area contributed by atoms with Gasteiger partial charge < -0.3 is 9.13 Å². The third-order valence-corrected chi connectivity index (χ3v) is 15.2. The van der Waals surface area contributed by atoms with Crippen LogP contribution in [0.3, 0.4) is 0 Å². The average Bonchev–Trinajstić information content (AvgIpc) is 4.04. The minimum absolute atomic E-state index is 0.102. The van der Waals surface area contributed by atoms with Gasteiger partial charge in [0.1, 0.15) is 0 Å². The number of benzene rings is 9. The maximum atomic E-state index is 5.20. The highest BCUT2D eigenvalue weighted by atomic mass is 15.0. The molecule has 9 aromatic carbocycles. The topological polar surface area (TPSA) is 48.5 Å². The Morgan fingerprint density at radius 3 is 1.10 bits per heavy atom. The van der Waals surface area contributed by atoms with Crippen LogP contribution in [0.4, 0.5) is 0 Å². The summed E-state index contributed by atoms with van der Waals surface area (Å²) in [6.07, 6.45) is 0. The maximum Gasteiger partial charge on any atom is 0.164 e. The number of fused-ring (bicyclic) bond motifs is 12.